The normalized spacial score (nSPS) is 16.2. The van der Waals surface area contributed by atoms with E-state index in [1.165, 1.54) is 12.3 Å². The molecule has 0 radical (unpaired) electrons. The number of ether oxygens (including phenoxy) is 1. The maximum atomic E-state index is 15.0. The quantitative estimate of drug-likeness (QED) is 0.104. The van der Waals surface area contributed by atoms with Crippen molar-refractivity contribution in [2.75, 3.05) is 18.5 Å². The van der Waals surface area contributed by atoms with Crippen molar-refractivity contribution in [3.05, 3.63) is 138 Å². The zero-order chi connectivity index (χ0) is 35.8. The molecule has 0 bridgehead atoms. The van der Waals surface area contributed by atoms with Gasteiger partial charge < -0.3 is 14.6 Å². The van der Waals surface area contributed by atoms with Crippen LogP contribution in [0.3, 0.4) is 0 Å². The SMILES string of the molecule is O=P(OCc1ccccc1)(OCc1ccccc1)OC1CCOC(CNc2nc(-c3cc(-c4ccon4)n(Cc4ccccc4F)n3)ncc2F)C1. The molecule has 3 aromatic heterocycles. The number of rotatable bonds is 15. The summed E-state index contributed by atoms with van der Waals surface area (Å²) in [4.78, 5) is 8.58. The van der Waals surface area contributed by atoms with Crippen LogP contribution in [0.15, 0.2) is 114 Å². The Kier molecular flexibility index (Phi) is 11.2. The molecule has 0 spiro atoms. The molecule has 12 nitrogen and oxygen atoms in total. The van der Waals surface area contributed by atoms with Crippen molar-refractivity contribution in [1.82, 2.24) is 24.9 Å². The van der Waals surface area contributed by atoms with E-state index in [9.17, 15) is 8.96 Å². The van der Waals surface area contributed by atoms with Crippen molar-refractivity contribution in [3.8, 4) is 22.9 Å². The van der Waals surface area contributed by atoms with Crippen LogP contribution in [0.2, 0.25) is 0 Å². The van der Waals surface area contributed by atoms with Crippen LogP contribution >= 0.6 is 7.82 Å². The molecule has 0 amide bonds. The molecule has 3 aromatic carbocycles. The number of benzene rings is 3. The van der Waals surface area contributed by atoms with Gasteiger partial charge >= 0.3 is 7.82 Å². The highest BCUT2D eigenvalue weighted by Crippen LogP contribution is 2.53. The lowest BCUT2D eigenvalue weighted by atomic mass is 10.1. The van der Waals surface area contributed by atoms with E-state index < -0.39 is 25.8 Å². The molecular weight excluding hydrogens is 693 g/mol. The molecular formula is C37H35F2N6O6P. The summed E-state index contributed by atoms with van der Waals surface area (Å²) in [5.41, 5.74) is 3.39. The molecule has 52 heavy (non-hydrogen) atoms. The van der Waals surface area contributed by atoms with Gasteiger partial charge in [-0.1, -0.05) is 84.0 Å². The standard InChI is InChI=1S/C37H35F2N6O6P/c38-31-14-8-7-13-28(31)23-45-35(33-16-18-48-44-33)20-34(43-45)37-41-22-32(39)36(42-37)40-21-30-19-29(15-17-47-30)51-52(46,49-24-26-9-3-1-4-10-26)50-25-27-11-5-2-6-12-27/h1-14,16,18,20,22,29-30H,15,17,19,21,23-25H2,(H,40,41,42). The van der Waals surface area contributed by atoms with Crippen molar-refractivity contribution in [2.24, 2.45) is 0 Å². The molecule has 0 aliphatic carbocycles. The Morgan fingerprint density at radius 3 is 2.29 bits per heavy atom. The van der Waals surface area contributed by atoms with Crippen LogP contribution < -0.4 is 5.32 Å². The van der Waals surface area contributed by atoms with Gasteiger partial charge in [-0.3, -0.25) is 18.3 Å². The molecule has 2 atom stereocenters. The Bertz CT molecular complexity index is 2060. The molecule has 1 aliphatic heterocycles. The second-order valence-electron chi connectivity index (χ2n) is 12.0. The molecule has 6 aromatic rings. The van der Waals surface area contributed by atoms with Crippen molar-refractivity contribution in [2.45, 2.75) is 44.8 Å². The summed E-state index contributed by atoms with van der Waals surface area (Å²) in [5.74, 6) is -0.983. The number of hydrogen-bond acceptors (Lipinski definition) is 11. The number of nitrogens with one attached hydrogen (secondary N) is 1. The van der Waals surface area contributed by atoms with Gasteiger partial charge in [0.1, 0.15) is 23.5 Å². The second-order valence-corrected chi connectivity index (χ2v) is 13.7. The Hall–Kier alpha value is -5.11. The summed E-state index contributed by atoms with van der Waals surface area (Å²) < 4.78 is 73.7. The fourth-order valence-electron chi connectivity index (χ4n) is 5.63. The summed E-state index contributed by atoms with van der Waals surface area (Å²) in [6.45, 7) is 0.663. The van der Waals surface area contributed by atoms with Gasteiger partial charge in [-0.05, 0) is 29.7 Å². The zero-order valence-electron chi connectivity index (χ0n) is 27.9. The van der Waals surface area contributed by atoms with Crippen LogP contribution in [-0.4, -0.2) is 50.3 Å². The molecule has 15 heteroatoms. The first-order valence-corrected chi connectivity index (χ1v) is 18.1. The van der Waals surface area contributed by atoms with Gasteiger partial charge in [0.25, 0.3) is 0 Å². The maximum absolute atomic E-state index is 15.0. The molecule has 268 valence electrons. The number of anilines is 1. The lowest BCUT2D eigenvalue weighted by Crippen LogP contribution is -2.35. The third kappa shape index (κ3) is 9.02. The lowest BCUT2D eigenvalue weighted by molar-refractivity contribution is -0.0422. The van der Waals surface area contributed by atoms with Gasteiger partial charge in [0.05, 0.1) is 43.9 Å². The van der Waals surface area contributed by atoms with Gasteiger partial charge in [0, 0.05) is 31.2 Å². The smallest absolute Gasteiger partial charge is 0.376 e. The number of aromatic nitrogens is 5. The third-order valence-electron chi connectivity index (χ3n) is 8.29. The molecule has 4 heterocycles. The number of nitrogens with zero attached hydrogens (tertiary/aromatic N) is 5. The summed E-state index contributed by atoms with van der Waals surface area (Å²) in [5, 5.41) is 11.6. The van der Waals surface area contributed by atoms with E-state index in [1.54, 1.807) is 35.0 Å². The molecule has 7 rings (SSSR count). The van der Waals surface area contributed by atoms with Crippen molar-refractivity contribution in [3.63, 3.8) is 0 Å². The zero-order valence-corrected chi connectivity index (χ0v) is 28.8. The molecule has 0 saturated carbocycles. The average molecular weight is 729 g/mol. The van der Waals surface area contributed by atoms with Gasteiger partial charge in [0.15, 0.2) is 17.5 Å². The number of hydrogen-bond donors (Lipinski definition) is 1. The highest BCUT2D eigenvalue weighted by Gasteiger charge is 2.34. The Morgan fingerprint density at radius 1 is 0.885 bits per heavy atom. The van der Waals surface area contributed by atoms with E-state index >= 15 is 4.39 Å². The van der Waals surface area contributed by atoms with E-state index in [2.05, 4.69) is 25.5 Å². The van der Waals surface area contributed by atoms with Gasteiger partial charge in [-0.2, -0.15) is 5.10 Å². The highest BCUT2D eigenvalue weighted by molar-refractivity contribution is 7.48. The topological polar surface area (TPSA) is 136 Å². The summed E-state index contributed by atoms with van der Waals surface area (Å²) in [6.07, 6.45) is 2.31. The first-order valence-electron chi connectivity index (χ1n) is 16.7. The van der Waals surface area contributed by atoms with Crippen LogP contribution in [0.25, 0.3) is 22.9 Å². The number of phosphoric ester groups is 1. The summed E-state index contributed by atoms with van der Waals surface area (Å²) >= 11 is 0. The minimum Gasteiger partial charge on any atom is -0.376 e. The third-order valence-corrected chi connectivity index (χ3v) is 9.74. The van der Waals surface area contributed by atoms with Crippen molar-refractivity contribution in [1.29, 1.82) is 0 Å². The minimum absolute atomic E-state index is 0.0396. The largest absolute Gasteiger partial charge is 0.475 e. The van der Waals surface area contributed by atoms with E-state index in [0.29, 0.717) is 42.1 Å². The molecule has 1 N–H and O–H groups in total. The van der Waals surface area contributed by atoms with Crippen LogP contribution in [0.4, 0.5) is 14.6 Å². The van der Waals surface area contributed by atoms with Gasteiger partial charge in [-0.15, -0.1) is 0 Å². The van der Waals surface area contributed by atoms with E-state index in [4.69, 9.17) is 22.8 Å². The van der Waals surface area contributed by atoms with E-state index in [1.807, 2.05) is 60.7 Å². The van der Waals surface area contributed by atoms with Crippen LogP contribution in [-0.2, 0) is 42.6 Å². The van der Waals surface area contributed by atoms with Crippen LogP contribution in [0.5, 0.6) is 0 Å². The fraction of sp³-hybridized carbons (Fsp3) is 0.243. The molecule has 2 unspecified atom stereocenters. The second kappa shape index (κ2) is 16.5. The van der Waals surface area contributed by atoms with Crippen LogP contribution in [0, 0.1) is 11.6 Å². The molecule has 1 fully saturated rings. The number of halogens is 2. The van der Waals surface area contributed by atoms with E-state index in [0.717, 1.165) is 17.3 Å². The monoisotopic (exact) mass is 728 g/mol. The first-order chi connectivity index (χ1) is 25.4. The van der Waals surface area contributed by atoms with E-state index in [-0.39, 0.29) is 43.8 Å². The van der Waals surface area contributed by atoms with Gasteiger partial charge in [-0.25, -0.2) is 23.3 Å². The van der Waals surface area contributed by atoms with Crippen molar-refractivity contribution >= 4 is 13.6 Å². The summed E-state index contributed by atoms with van der Waals surface area (Å²) in [6, 6.07) is 28.4. The Morgan fingerprint density at radius 2 is 1.60 bits per heavy atom. The van der Waals surface area contributed by atoms with Crippen LogP contribution in [0.1, 0.15) is 29.5 Å². The summed E-state index contributed by atoms with van der Waals surface area (Å²) in [7, 11) is -4.01. The van der Waals surface area contributed by atoms with Gasteiger partial charge in [0.2, 0.25) is 0 Å². The number of phosphoric acid groups is 1. The fourth-order valence-corrected chi connectivity index (χ4v) is 7.00. The maximum Gasteiger partial charge on any atom is 0.475 e. The first kappa shape index (κ1) is 35.3. The van der Waals surface area contributed by atoms with Crippen molar-refractivity contribution < 1.29 is 36.2 Å². The molecule has 1 aliphatic rings. The predicted molar refractivity (Wildman–Crippen MR) is 187 cm³/mol. The molecule has 1 saturated heterocycles. The highest BCUT2D eigenvalue weighted by atomic mass is 31.2. The minimum atomic E-state index is -4.01. The lowest BCUT2D eigenvalue weighted by Gasteiger charge is -2.31. The predicted octanol–water partition coefficient (Wildman–Crippen LogP) is 7.84. The average Bonchev–Trinajstić information content (AvgIpc) is 3.86. The Balaban J connectivity index is 1.02. The Labute approximate surface area is 298 Å².